The van der Waals surface area contributed by atoms with Gasteiger partial charge in [-0.25, -0.2) is 19.2 Å². The first-order chi connectivity index (χ1) is 14.7. The first-order valence-corrected chi connectivity index (χ1v) is 9.69. The number of carbonyl (C=O) groups is 1. The van der Waals surface area contributed by atoms with Crippen molar-refractivity contribution in [3.05, 3.63) is 77.2 Å². The van der Waals surface area contributed by atoms with E-state index in [4.69, 9.17) is 14.5 Å². The summed E-state index contributed by atoms with van der Waals surface area (Å²) < 4.78 is 24.8. The van der Waals surface area contributed by atoms with Crippen LogP contribution in [0.2, 0.25) is 0 Å². The molecule has 3 aromatic rings. The van der Waals surface area contributed by atoms with Gasteiger partial charge in [0.15, 0.2) is 5.70 Å². The first-order valence-electron chi connectivity index (χ1n) is 9.69. The zero-order valence-electron chi connectivity index (χ0n) is 16.0. The number of nitrogens with zero attached hydrogens (tertiary/aromatic N) is 3. The number of carbonyl (C=O) groups excluding carboxylic acids is 1. The van der Waals surface area contributed by atoms with Gasteiger partial charge in [0.25, 0.3) is 0 Å². The Morgan fingerprint density at radius 1 is 1.03 bits per heavy atom. The van der Waals surface area contributed by atoms with Crippen LogP contribution in [0.3, 0.4) is 0 Å². The van der Waals surface area contributed by atoms with Gasteiger partial charge in [0, 0.05) is 24.0 Å². The molecule has 0 N–H and O–H groups in total. The Labute approximate surface area is 172 Å². The molecule has 2 aliphatic rings. The minimum absolute atomic E-state index is 0.0361. The number of para-hydroxylation sites is 1. The van der Waals surface area contributed by atoms with Gasteiger partial charge in [-0.2, -0.15) is 0 Å². The van der Waals surface area contributed by atoms with Crippen LogP contribution in [0.15, 0.2) is 65.3 Å². The number of pyridine rings is 1. The molecule has 2 aliphatic heterocycles. The van der Waals surface area contributed by atoms with E-state index >= 15 is 0 Å². The van der Waals surface area contributed by atoms with E-state index in [1.54, 1.807) is 18.2 Å². The third-order valence-electron chi connectivity index (χ3n) is 5.06. The topological polar surface area (TPSA) is 64.0 Å². The number of benzene rings is 2. The summed E-state index contributed by atoms with van der Waals surface area (Å²) in [6, 6.07) is 15.8. The lowest BCUT2D eigenvalue weighted by Crippen LogP contribution is -2.37. The van der Waals surface area contributed by atoms with Crippen molar-refractivity contribution in [3.8, 4) is 0 Å². The van der Waals surface area contributed by atoms with E-state index < -0.39 is 11.8 Å². The lowest BCUT2D eigenvalue weighted by Gasteiger charge is -2.29. The normalized spacial score (nSPS) is 18.0. The first kappa shape index (κ1) is 18.4. The summed E-state index contributed by atoms with van der Waals surface area (Å²) in [6.07, 6.45) is 1.65. The molecule has 0 atom stereocenters. The van der Waals surface area contributed by atoms with Crippen LogP contribution in [-0.4, -0.2) is 43.2 Å². The summed E-state index contributed by atoms with van der Waals surface area (Å²) in [5.74, 6) is -0.390. The molecule has 30 heavy (non-hydrogen) atoms. The minimum atomic E-state index is -0.616. The predicted octanol–water partition coefficient (Wildman–Crippen LogP) is 3.56. The zero-order valence-corrected chi connectivity index (χ0v) is 16.0. The van der Waals surface area contributed by atoms with E-state index in [1.807, 2.05) is 30.3 Å². The number of cyclic esters (lactones) is 1. The summed E-state index contributed by atoms with van der Waals surface area (Å²) in [5, 5.41) is 0.950. The molecule has 150 valence electrons. The number of aliphatic imine (C=N–C) groups is 1. The van der Waals surface area contributed by atoms with Crippen LogP contribution in [0.1, 0.15) is 11.1 Å². The molecule has 0 aliphatic carbocycles. The molecule has 1 fully saturated rings. The molecule has 0 amide bonds. The van der Waals surface area contributed by atoms with Crippen LogP contribution >= 0.6 is 0 Å². The highest BCUT2D eigenvalue weighted by Crippen LogP contribution is 2.28. The van der Waals surface area contributed by atoms with Gasteiger partial charge in [0.05, 0.1) is 24.3 Å². The van der Waals surface area contributed by atoms with Gasteiger partial charge in [-0.3, -0.25) is 0 Å². The summed E-state index contributed by atoms with van der Waals surface area (Å²) in [7, 11) is 0. The molecular formula is C23H18FN3O3. The lowest BCUT2D eigenvalue weighted by atomic mass is 10.1. The third kappa shape index (κ3) is 3.44. The summed E-state index contributed by atoms with van der Waals surface area (Å²) >= 11 is 0. The highest BCUT2D eigenvalue weighted by Gasteiger charge is 2.27. The maximum Gasteiger partial charge on any atom is 0.363 e. The Kier molecular flexibility index (Phi) is 4.72. The molecule has 0 bridgehead atoms. The summed E-state index contributed by atoms with van der Waals surface area (Å²) in [4.78, 5) is 23.7. The van der Waals surface area contributed by atoms with Crippen molar-refractivity contribution in [3.63, 3.8) is 0 Å². The number of halogens is 1. The monoisotopic (exact) mass is 403 g/mol. The van der Waals surface area contributed by atoms with Crippen molar-refractivity contribution in [2.24, 2.45) is 4.99 Å². The number of morpholine rings is 1. The van der Waals surface area contributed by atoms with Crippen LogP contribution in [0, 0.1) is 5.82 Å². The van der Waals surface area contributed by atoms with Crippen molar-refractivity contribution >= 4 is 34.7 Å². The molecule has 0 saturated carbocycles. The molecular weight excluding hydrogens is 385 g/mol. The average Bonchev–Trinajstić information content (AvgIpc) is 3.14. The second kappa shape index (κ2) is 7.68. The standard InChI is InChI=1S/C23H18FN3O3/c24-18-7-3-2-6-17(18)22-26-20(23(28)30-22)14-16-13-15-5-1-4-8-19(15)25-21(16)27-9-11-29-12-10-27/h1-8,13-14H,9-12H2/b20-14-. The Balaban J connectivity index is 1.60. The second-order valence-corrected chi connectivity index (χ2v) is 7.01. The van der Waals surface area contributed by atoms with E-state index in [2.05, 4.69) is 9.89 Å². The van der Waals surface area contributed by atoms with Crippen LogP contribution in [0.25, 0.3) is 17.0 Å². The molecule has 2 aromatic carbocycles. The number of hydrogen-bond acceptors (Lipinski definition) is 6. The molecule has 1 saturated heterocycles. The number of fused-ring (bicyclic) bond motifs is 1. The van der Waals surface area contributed by atoms with Gasteiger partial charge in [0.1, 0.15) is 11.6 Å². The lowest BCUT2D eigenvalue weighted by molar-refractivity contribution is -0.129. The Morgan fingerprint density at radius 2 is 1.80 bits per heavy atom. The number of hydrogen-bond donors (Lipinski definition) is 0. The van der Waals surface area contributed by atoms with Crippen LogP contribution < -0.4 is 4.90 Å². The molecule has 5 rings (SSSR count). The molecule has 1 aromatic heterocycles. The highest BCUT2D eigenvalue weighted by atomic mass is 19.1. The average molecular weight is 403 g/mol. The number of rotatable bonds is 3. The van der Waals surface area contributed by atoms with E-state index in [9.17, 15) is 9.18 Å². The van der Waals surface area contributed by atoms with E-state index in [-0.39, 0.29) is 17.2 Å². The number of esters is 1. The Morgan fingerprint density at radius 3 is 2.63 bits per heavy atom. The third-order valence-corrected chi connectivity index (χ3v) is 5.06. The molecule has 0 unspecified atom stereocenters. The van der Waals surface area contributed by atoms with E-state index in [0.717, 1.165) is 22.3 Å². The Bertz CT molecular complexity index is 1200. The van der Waals surface area contributed by atoms with E-state index in [1.165, 1.54) is 12.1 Å². The van der Waals surface area contributed by atoms with Crippen molar-refractivity contribution in [2.45, 2.75) is 0 Å². The number of ether oxygens (including phenoxy) is 2. The SMILES string of the molecule is O=C1OC(c2ccccc2F)=N/C1=C\c1cc2ccccc2nc1N1CCOCC1. The van der Waals surface area contributed by atoms with Crippen LogP contribution in [-0.2, 0) is 14.3 Å². The minimum Gasteiger partial charge on any atom is -0.402 e. The Hall–Kier alpha value is -3.58. The van der Waals surface area contributed by atoms with Crippen molar-refractivity contribution in [2.75, 3.05) is 31.2 Å². The quantitative estimate of drug-likeness (QED) is 0.494. The largest absolute Gasteiger partial charge is 0.402 e. The van der Waals surface area contributed by atoms with Crippen molar-refractivity contribution in [1.82, 2.24) is 4.98 Å². The maximum atomic E-state index is 14.1. The van der Waals surface area contributed by atoms with Gasteiger partial charge in [-0.1, -0.05) is 30.3 Å². The maximum absolute atomic E-state index is 14.1. The molecule has 0 spiro atoms. The van der Waals surface area contributed by atoms with E-state index in [0.29, 0.717) is 26.3 Å². The summed E-state index contributed by atoms with van der Waals surface area (Å²) in [5.41, 5.74) is 1.88. The van der Waals surface area contributed by atoms with Gasteiger partial charge < -0.3 is 14.4 Å². The number of aromatic nitrogens is 1. The van der Waals surface area contributed by atoms with Gasteiger partial charge in [-0.05, 0) is 30.3 Å². The predicted molar refractivity (Wildman–Crippen MR) is 112 cm³/mol. The van der Waals surface area contributed by atoms with Crippen LogP contribution in [0.5, 0.6) is 0 Å². The smallest absolute Gasteiger partial charge is 0.363 e. The molecule has 6 nitrogen and oxygen atoms in total. The van der Waals surface area contributed by atoms with Gasteiger partial charge >= 0.3 is 5.97 Å². The molecule has 3 heterocycles. The fraction of sp³-hybridized carbons (Fsp3) is 0.174. The summed E-state index contributed by atoms with van der Waals surface area (Å²) in [6.45, 7) is 2.63. The van der Waals surface area contributed by atoms with Crippen molar-refractivity contribution < 1.29 is 18.7 Å². The number of anilines is 1. The van der Waals surface area contributed by atoms with Gasteiger partial charge in [0.2, 0.25) is 5.90 Å². The molecule has 0 radical (unpaired) electrons. The fourth-order valence-electron chi connectivity index (χ4n) is 3.56. The van der Waals surface area contributed by atoms with Crippen LogP contribution in [0.4, 0.5) is 10.2 Å². The highest BCUT2D eigenvalue weighted by molar-refractivity contribution is 6.13. The van der Waals surface area contributed by atoms with Crippen molar-refractivity contribution in [1.29, 1.82) is 0 Å². The van der Waals surface area contributed by atoms with Gasteiger partial charge in [-0.15, -0.1) is 0 Å². The fourth-order valence-corrected chi connectivity index (χ4v) is 3.56. The second-order valence-electron chi connectivity index (χ2n) is 7.01. The molecule has 7 heteroatoms. The zero-order chi connectivity index (χ0) is 20.5.